The van der Waals surface area contributed by atoms with E-state index in [1.807, 2.05) is 5.38 Å². The predicted molar refractivity (Wildman–Crippen MR) is 72.3 cm³/mol. The summed E-state index contributed by atoms with van der Waals surface area (Å²) in [6.45, 7) is -0.0721. The Balaban J connectivity index is 2.32. The molecule has 1 aromatic rings. The minimum atomic E-state index is -3.49. The maximum absolute atomic E-state index is 11.6. The molecule has 0 fully saturated rings. The third kappa shape index (κ3) is 6.15. The number of thiophene rings is 1. The van der Waals surface area contributed by atoms with E-state index in [1.165, 1.54) is 18.4 Å². The molecule has 1 heterocycles. The van der Waals surface area contributed by atoms with Crippen molar-refractivity contribution in [2.45, 2.75) is 18.9 Å². The van der Waals surface area contributed by atoms with Crippen LogP contribution in [0.1, 0.15) is 24.5 Å². The molecule has 6 nitrogen and oxygen atoms in total. The number of aliphatic hydroxyl groups excluding tert-OH is 1. The third-order valence-electron chi connectivity index (χ3n) is 2.45. The first-order chi connectivity index (χ1) is 8.94. The average molecular weight is 307 g/mol. The van der Waals surface area contributed by atoms with Crippen molar-refractivity contribution in [1.29, 1.82) is 0 Å². The van der Waals surface area contributed by atoms with Gasteiger partial charge in [-0.3, -0.25) is 4.79 Å². The van der Waals surface area contributed by atoms with Crippen LogP contribution in [0.5, 0.6) is 0 Å². The highest BCUT2D eigenvalue weighted by Gasteiger charge is 2.15. The summed E-state index contributed by atoms with van der Waals surface area (Å²) in [5, 5.41) is 13.3. The molecule has 1 rings (SSSR count). The van der Waals surface area contributed by atoms with Crippen LogP contribution in [-0.4, -0.2) is 38.9 Å². The molecule has 0 aliphatic carbocycles. The highest BCUT2D eigenvalue weighted by molar-refractivity contribution is 7.89. The molecule has 0 amide bonds. The molecule has 19 heavy (non-hydrogen) atoms. The number of rotatable bonds is 8. The van der Waals surface area contributed by atoms with Crippen LogP contribution in [0.15, 0.2) is 16.8 Å². The Hall–Kier alpha value is -0.960. The smallest absolute Gasteiger partial charge is 0.305 e. The van der Waals surface area contributed by atoms with E-state index < -0.39 is 22.1 Å². The van der Waals surface area contributed by atoms with Gasteiger partial charge in [-0.2, -0.15) is 11.3 Å². The van der Waals surface area contributed by atoms with Crippen molar-refractivity contribution in [1.82, 2.24) is 4.72 Å². The Morgan fingerprint density at radius 1 is 1.58 bits per heavy atom. The summed E-state index contributed by atoms with van der Waals surface area (Å²) in [5.41, 5.74) is 0.683. The van der Waals surface area contributed by atoms with E-state index in [2.05, 4.69) is 9.46 Å². The van der Waals surface area contributed by atoms with Gasteiger partial charge in [-0.25, -0.2) is 13.1 Å². The van der Waals surface area contributed by atoms with Crippen molar-refractivity contribution >= 4 is 27.3 Å². The number of hydrogen-bond donors (Lipinski definition) is 2. The van der Waals surface area contributed by atoms with Crippen LogP contribution >= 0.6 is 11.3 Å². The van der Waals surface area contributed by atoms with Gasteiger partial charge in [-0.05, 0) is 28.8 Å². The first-order valence-electron chi connectivity index (χ1n) is 5.69. The maximum atomic E-state index is 11.6. The Bertz CT molecular complexity index is 483. The van der Waals surface area contributed by atoms with Gasteiger partial charge < -0.3 is 9.84 Å². The zero-order valence-corrected chi connectivity index (χ0v) is 12.2. The molecular weight excluding hydrogens is 290 g/mol. The second-order valence-corrected chi connectivity index (χ2v) is 6.63. The Kier molecular flexibility index (Phi) is 6.43. The Morgan fingerprint density at radius 3 is 2.89 bits per heavy atom. The van der Waals surface area contributed by atoms with E-state index in [0.29, 0.717) is 5.56 Å². The van der Waals surface area contributed by atoms with Crippen molar-refractivity contribution in [2.75, 3.05) is 19.4 Å². The van der Waals surface area contributed by atoms with Crippen LogP contribution in [0, 0.1) is 0 Å². The molecule has 0 aliphatic rings. The fourth-order valence-corrected chi connectivity index (χ4v) is 3.16. The van der Waals surface area contributed by atoms with Gasteiger partial charge in [-0.15, -0.1) is 0 Å². The standard InChI is InChI=1S/C11H17NO5S2/c1-17-11(14)3-2-6-19(15,16)12-7-10(13)9-4-5-18-8-9/h4-5,8,10,12-13H,2-3,6-7H2,1H3. The zero-order valence-electron chi connectivity index (χ0n) is 10.5. The lowest BCUT2D eigenvalue weighted by Gasteiger charge is -2.10. The van der Waals surface area contributed by atoms with Crippen LogP contribution in [0.4, 0.5) is 0 Å². The second kappa shape index (κ2) is 7.59. The molecule has 0 saturated carbocycles. The van der Waals surface area contributed by atoms with Crippen molar-refractivity contribution < 1.29 is 23.1 Å². The van der Waals surface area contributed by atoms with E-state index in [-0.39, 0.29) is 25.1 Å². The molecule has 0 bridgehead atoms. The lowest BCUT2D eigenvalue weighted by Crippen LogP contribution is -2.30. The molecule has 1 aromatic heterocycles. The topological polar surface area (TPSA) is 92.7 Å². The maximum Gasteiger partial charge on any atom is 0.305 e. The van der Waals surface area contributed by atoms with Gasteiger partial charge in [0.1, 0.15) is 0 Å². The molecule has 0 aromatic carbocycles. The number of methoxy groups -OCH3 is 1. The number of carbonyl (C=O) groups is 1. The molecule has 8 heteroatoms. The lowest BCUT2D eigenvalue weighted by atomic mass is 10.2. The summed E-state index contributed by atoms with van der Waals surface area (Å²) < 4.78 is 29.9. The average Bonchev–Trinajstić information content (AvgIpc) is 2.89. The quantitative estimate of drug-likeness (QED) is 0.688. The first-order valence-corrected chi connectivity index (χ1v) is 8.28. The largest absolute Gasteiger partial charge is 0.469 e. The SMILES string of the molecule is COC(=O)CCCS(=O)(=O)NCC(O)c1ccsc1. The lowest BCUT2D eigenvalue weighted by molar-refractivity contribution is -0.140. The van der Waals surface area contributed by atoms with Gasteiger partial charge in [0.25, 0.3) is 0 Å². The zero-order chi connectivity index (χ0) is 14.3. The number of carbonyl (C=O) groups excluding carboxylic acids is 1. The van der Waals surface area contributed by atoms with Crippen molar-refractivity contribution in [3.05, 3.63) is 22.4 Å². The van der Waals surface area contributed by atoms with Crippen molar-refractivity contribution in [3.63, 3.8) is 0 Å². The van der Waals surface area contributed by atoms with Crippen molar-refractivity contribution in [3.8, 4) is 0 Å². The summed E-state index contributed by atoms with van der Waals surface area (Å²) in [4.78, 5) is 10.8. The Labute approximate surface area is 116 Å². The fraction of sp³-hybridized carbons (Fsp3) is 0.545. The number of ether oxygens (including phenoxy) is 1. The number of esters is 1. The monoisotopic (exact) mass is 307 g/mol. The van der Waals surface area contributed by atoms with Gasteiger partial charge in [0.15, 0.2) is 0 Å². The highest BCUT2D eigenvalue weighted by Crippen LogP contribution is 2.15. The molecule has 1 unspecified atom stereocenters. The normalized spacial score (nSPS) is 13.2. The second-order valence-electron chi connectivity index (χ2n) is 3.92. The molecule has 1 atom stereocenters. The van der Waals surface area contributed by atoms with Crippen LogP contribution in [-0.2, 0) is 19.6 Å². The minimum absolute atomic E-state index is 0.0600. The summed E-state index contributed by atoms with van der Waals surface area (Å²) in [6.07, 6.45) is -0.609. The Morgan fingerprint density at radius 2 is 2.32 bits per heavy atom. The van der Waals surface area contributed by atoms with Gasteiger partial charge in [0, 0.05) is 13.0 Å². The van der Waals surface area contributed by atoms with Gasteiger partial charge in [0.2, 0.25) is 10.0 Å². The van der Waals surface area contributed by atoms with Crippen LogP contribution in [0.3, 0.4) is 0 Å². The number of nitrogens with one attached hydrogen (secondary N) is 1. The number of hydrogen-bond acceptors (Lipinski definition) is 6. The molecule has 0 aliphatic heterocycles. The molecule has 0 saturated heterocycles. The molecule has 108 valence electrons. The van der Waals surface area contributed by atoms with Gasteiger partial charge in [0.05, 0.1) is 19.0 Å². The first kappa shape index (κ1) is 16.1. The highest BCUT2D eigenvalue weighted by atomic mass is 32.2. The van der Waals surface area contributed by atoms with Gasteiger partial charge >= 0.3 is 5.97 Å². The van der Waals surface area contributed by atoms with Crippen LogP contribution in [0.25, 0.3) is 0 Å². The summed E-state index contributed by atoms with van der Waals surface area (Å²) >= 11 is 1.43. The van der Waals surface area contributed by atoms with E-state index in [1.54, 1.807) is 11.4 Å². The summed E-state index contributed by atoms with van der Waals surface area (Å²) in [7, 11) is -2.23. The third-order valence-corrected chi connectivity index (χ3v) is 4.58. The number of sulfonamides is 1. The van der Waals surface area contributed by atoms with E-state index in [4.69, 9.17) is 0 Å². The van der Waals surface area contributed by atoms with E-state index in [0.717, 1.165) is 0 Å². The summed E-state index contributed by atoms with van der Waals surface area (Å²) in [5.74, 6) is -0.605. The molecule has 0 radical (unpaired) electrons. The van der Waals surface area contributed by atoms with E-state index >= 15 is 0 Å². The number of aliphatic hydroxyl groups is 1. The summed E-state index contributed by atoms with van der Waals surface area (Å²) in [6, 6.07) is 1.74. The fourth-order valence-electron chi connectivity index (χ4n) is 1.37. The molecule has 0 spiro atoms. The van der Waals surface area contributed by atoms with Crippen LogP contribution < -0.4 is 4.72 Å². The molecular formula is C11H17NO5S2. The van der Waals surface area contributed by atoms with Crippen LogP contribution in [0.2, 0.25) is 0 Å². The van der Waals surface area contributed by atoms with Crippen molar-refractivity contribution in [2.24, 2.45) is 0 Å². The molecule has 2 N–H and O–H groups in total. The minimum Gasteiger partial charge on any atom is -0.469 e. The van der Waals surface area contributed by atoms with Gasteiger partial charge in [-0.1, -0.05) is 0 Å². The predicted octanol–water partition coefficient (Wildman–Crippen LogP) is 0.654. The van der Waals surface area contributed by atoms with E-state index in [9.17, 15) is 18.3 Å².